The Morgan fingerprint density at radius 1 is 1.11 bits per heavy atom. The molecule has 4 aromatic rings. The van der Waals surface area contributed by atoms with E-state index in [0.717, 1.165) is 67.1 Å². The van der Waals surface area contributed by atoms with Gasteiger partial charge in [-0.15, -0.1) is 0 Å². The second kappa shape index (κ2) is 12.0. The van der Waals surface area contributed by atoms with E-state index in [4.69, 9.17) is 4.74 Å². The van der Waals surface area contributed by atoms with Gasteiger partial charge in [0.1, 0.15) is 23.5 Å². The van der Waals surface area contributed by atoms with Crippen LogP contribution in [0.3, 0.4) is 0 Å². The third-order valence-electron chi connectivity index (χ3n) is 9.42. The minimum Gasteiger partial charge on any atom is -0.379 e. The highest BCUT2D eigenvalue weighted by Crippen LogP contribution is 2.45. The minimum absolute atomic E-state index is 0.0317. The molecule has 6 heterocycles. The van der Waals surface area contributed by atoms with Crippen molar-refractivity contribution in [3.63, 3.8) is 0 Å². The smallest absolute Gasteiger partial charge is 0.379 e. The number of hydrogen-bond donors (Lipinski definition) is 2. The summed E-state index contributed by atoms with van der Waals surface area (Å²) in [6, 6.07) is 7.57. The molecule has 0 spiro atoms. The highest BCUT2D eigenvalue weighted by molar-refractivity contribution is 5.90. The summed E-state index contributed by atoms with van der Waals surface area (Å²) >= 11 is 0. The second-order valence-electron chi connectivity index (χ2n) is 12.3. The number of halogens is 3. The maximum Gasteiger partial charge on any atom is 0.433 e. The number of morpholine rings is 1. The van der Waals surface area contributed by atoms with Crippen LogP contribution in [0, 0.1) is 11.3 Å². The van der Waals surface area contributed by atoms with Gasteiger partial charge < -0.3 is 19.9 Å². The molecular formula is C31H35F3N10O. The van der Waals surface area contributed by atoms with Gasteiger partial charge in [0.2, 0.25) is 0 Å². The molecule has 0 radical (unpaired) electrons. The Morgan fingerprint density at radius 3 is 2.67 bits per heavy atom. The number of pyridine rings is 1. The standard InChI is InChI=1S/C31H35F3N10O/c32-31(33,34)26-13-21(18-42-9-11-45-12-10-42)14-27(41-26)40-23-2-7-43(8-3-23)24-15-30(16-24,4-5-35)44-19-22(17-39-44)28-25-1-6-36-29(25)38-20-37-28/h1,6,13-14,17,19-20,23-24H,2-4,7-12,15-16,18H2,(H,40,41)(H,36,37,38)/t24-,30+. The molecule has 0 unspecified atom stereocenters. The molecule has 236 valence electrons. The Kier molecular flexibility index (Phi) is 7.93. The Bertz CT molecular complexity index is 1670. The molecule has 2 saturated heterocycles. The van der Waals surface area contributed by atoms with Crippen molar-refractivity contribution in [2.75, 3.05) is 44.7 Å². The maximum atomic E-state index is 13.7. The third kappa shape index (κ3) is 6.12. The van der Waals surface area contributed by atoms with Crippen molar-refractivity contribution in [3.05, 3.63) is 54.4 Å². The number of hydrogen-bond acceptors (Lipinski definition) is 9. The van der Waals surface area contributed by atoms with Crippen LogP contribution in [-0.4, -0.2) is 91.0 Å². The lowest BCUT2D eigenvalue weighted by molar-refractivity contribution is -0.141. The predicted octanol–water partition coefficient (Wildman–Crippen LogP) is 4.42. The van der Waals surface area contributed by atoms with Crippen LogP contribution in [0.15, 0.2) is 43.1 Å². The largest absolute Gasteiger partial charge is 0.433 e. The molecule has 4 aromatic heterocycles. The van der Waals surface area contributed by atoms with Crippen molar-refractivity contribution in [1.29, 1.82) is 5.26 Å². The highest BCUT2D eigenvalue weighted by Gasteiger charge is 2.49. The molecule has 0 atom stereocenters. The first-order chi connectivity index (χ1) is 21.8. The predicted molar refractivity (Wildman–Crippen MR) is 160 cm³/mol. The Hall–Kier alpha value is -4.06. The number of likely N-dealkylation sites (tertiary alicyclic amines) is 1. The van der Waals surface area contributed by atoms with Gasteiger partial charge in [0, 0.05) is 68.2 Å². The lowest BCUT2D eigenvalue weighted by Crippen LogP contribution is -2.58. The van der Waals surface area contributed by atoms with E-state index in [1.165, 1.54) is 6.33 Å². The van der Waals surface area contributed by atoms with Crippen molar-refractivity contribution in [1.82, 2.24) is 39.5 Å². The summed E-state index contributed by atoms with van der Waals surface area (Å²) in [7, 11) is 0. The highest BCUT2D eigenvalue weighted by atomic mass is 19.4. The quantitative estimate of drug-likeness (QED) is 0.295. The number of piperidine rings is 1. The molecule has 0 aromatic carbocycles. The van der Waals surface area contributed by atoms with Crippen LogP contribution in [0.1, 0.15) is 43.4 Å². The van der Waals surface area contributed by atoms with Crippen LogP contribution in [0.4, 0.5) is 19.0 Å². The monoisotopic (exact) mass is 620 g/mol. The maximum absolute atomic E-state index is 13.7. The first-order valence-electron chi connectivity index (χ1n) is 15.4. The van der Waals surface area contributed by atoms with Gasteiger partial charge in [0.05, 0.1) is 43.1 Å². The fourth-order valence-electron chi connectivity index (χ4n) is 6.98. The van der Waals surface area contributed by atoms with Gasteiger partial charge in [-0.3, -0.25) is 9.58 Å². The van der Waals surface area contributed by atoms with Crippen molar-refractivity contribution >= 4 is 16.9 Å². The number of nitrogens with zero attached hydrogens (tertiary/aromatic N) is 8. The number of ether oxygens (including phenoxy) is 1. The molecule has 14 heteroatoms. The van der Waals surface area contributed by atoms with Crippen molar-refractivity contribution in [2.45, 2.75) is 62.4 Å². The average Bonchev–Trinajstić information content (AvgIpc) is 3.70. The molecular weight excluding hydrogens is 585 g/mol. The van der Waals surface area contributed by atoms with Crippen molar-refractivity contribution in [3.8, 4) is 17.3 Å². The number of rotatable bonds is 8. The summed E-state index contributed by atoms with van der Waals surface area (Å²) in [4.78, 5) is 20.3. The van der Waals surface area contributed by atoms with E-state index in [2.05, 4.69) is 46.2 Å². The van der Waals surface area contributed by atoms with Gasteiger partial charge in [-0.25, -0.2) is 15.0 Å². The minimum atomic E-state index is -4.51. The lowest BCUT2D eigenvalue weighted by atomic mass is 9.69. The van der Waals surface area contributed by atoms with Crippen molar-refractivity contribution in [2.24, 2.45) is 0 Å². The topological polar surface area (TPSA) is 124 Å². The Balaban J connectivity index is 0.981. The number of nitriles is 1. The zero-order valence-electron chi connectivity index (χ0n) is 24.8. The van der Waals surface area contributed by atoms with Crippen LogP contribution in [0.5, 0.6) is 0 Å². The molecule has 2 aliphatic heterocycles. The molecule has 7 rings (SSSR count). The first kappa shape index (κ1) is 29.6. The third-order valence-corrected chi connectivity index (χ3v) is 9.42. The van der Waals surface area contributed by atoms with Gasteiger partial charge in [-0.1, -0.05) is 0 Å². The van der Waals surface area contributed by atoms with E-state index in [1.54, 1.807) is 12.3 Å². The van der Waals surface area contributed by atoms with E-state index >= 15 is 0 Å². The van der Waals surface area contributed by atoms with E-state index in [1.807, 2.05) is 23.1 Å². The zero-order chi connectivity index (χ0) is 31.0. The van der Waals surface area contributed by atoms with Crippen LogP contribution in [0.2, 0.25) is 0 Å². The normalized spacial score (nSPS) is 23.6. The summed E-state index contributed by atoms with van der Waals surface area (Å²) in [5.41, 5.74) is 1.80. The van der Waals surface area contributed by atoms with E-state index in [-0.39, 0.29) is 17.4 Å². The molecule has 0 bridgehead atoms. The molecule has 2 N–H and O–H groups in total. The van der Waals surface area contributed by atoms with Gasteiger partial charge in [-0.2, -0.15) is 23.5 Å². The molecule has 45 heavy (non-hydrogen) atoms. The van der Waals surface area contributed by atoms with Crippen molar-refractivity contribution < 1.29 is 17.9 Å². The fraction of sp³-hybridized carbons (Fsp3) is 0.516. The molecule has 0 amide bonds. The molecule has 1 aliphatic carbocycles. The fourth-order valence-corrected chi connectivity index (χ4v) is 6.98. The van der Waals surface area contributed by atoms with Crippen LogP contribution in [-0.2, 0) is 23.0 Å². The second-order valence-corrected chi connectivity index (χ2v) is 12.3. The number of anilines is 1. The van der Waals surface area contributed by atoms with Crippen LogP contribution < -0.4 is 5.32 Å². The number of aromatic amines is 1. The average molecular weight is 621 g/mol. The number of nitrogens with one attached hydrogen (secondary N) is 2. The Morgan fingerprint density at radius 2 is 1.91 bits per heavy atom. The summed E-state index contributed by atoms with van der Waals surface area (Å²) in [6.45, 7) is 4.64. The van der Waals surface area contributed by atoms with E-state index in [0.29, 0.717) is 50.9 Å². The summed E-state index contributed by atoms with van der Waals surface area (Å²) in [6.07, 6.45) is 6.20. The SMILES string of the molecule is N#CC[C@]1(n2cc(-c3ncnc4[nH]ccc34)cn2)C[C@@H](N2CCC(Nc3cc(CN4CCOCC4)cc(C(F)(F)F)n3)CC2)C1. The number of fused-ring (bicyclic) bond motifs is 1. The van der Waals surface area contributed by atoms with Gasteiger partial charge in [-0.05, 0) is 49.4 Å². The molecule has 11 nitrogen and oxygen atoms in total. The van der Waals surface area contributed by atoms with Gasteiger partial charge in [0.15, 0.2) is 0 Å². The van der Waals surface area contributed by atoms with Crippen LogP contribution >= 0.6 is 0 Å². The first-order valence-corrected chi connectivity index (χ1v) is 15.4. The molecule has 3 aliphatic rings. The van der Waals surface area contributed by atoms with Gasteiger partial charge in [0.25, 0.3) is 0 Å². The number of alkyl halides is 3. The summed E-state index contributed by atoms with van der Waals surface area (Å²) in [5, 5.41) is 18.6. The number of H-pyrrole nitrogens is 1. The lowest BCUT2D eigenvalue weighted by Gasteiger charge is -2.52. The van der Waals surface area contributed by atoms with Crippen LogP contribution in [0.25, 0.3) is 22.3 Å². The molecule has 3 fully saturated rings. The van der Waals surface area contributed by atoms with E-state index < -0.39 is 11.9 Å². The summed E-state index contributed by atoms with van der Waals surface area (Å²) in [5.74, 6) is 0.276. The summed E-state index contributed by atoms with van der Waals surface area (Å²) < 4.78 is 48.4. The Labute approximate surface area is 258 Å². The van der Waals surface area contributed by atoms with E-state index in [9.17, 15) is 18.4 Å². The number of aromatic nitrogens is 6. The molecule has 1 saturated carbocycles. The van der Waals surface area contributed by atoms with Gasteiger partial charge >= 0.3 is 6.18 Å². The zero-order valence-corrected chi connectivity index (χ0v) is 24.8.